The molecule has 5 nitrogen and oxygen atoms in total. The number of hydrogen-bond donors (Lipinski definition) is 2. The number of halogens is 3. The first-order valence-corrected chi connectivity index (χ1v) is 4.98. The average Bonchev–Trinajstić information content (AvgIpc) is 2.00. The molecule has 0 bridgehead atoms. The van der Waals surface area contributed by atoms with Crippen LogP contribution in [0.5, 0.6) is 5.75 Å². The van der Waals surface area contributed by atoms with Gasteiger partial charge < -0.3 is 5.11 Å². The number of rotatable bonds is 2. The Balaban J connectivity index is 3.56. The van der Waals surface area contributed by atoms with Crippen molar-refractivity contribution < 1.29 is 26.7 Å². The lowest BCUT2D eigenvalue weighted by atomic mass is 10.2. The first-order chi connectivity index (χ1) is 6.75. The van der Waals surface area contributed by atoms with Gasteiger partial charge in [-0.2, -0.15) is 0 Å². The summed E-state index contributed by atoms with van der Waals surface area (Å²) < 4.78 is 58.9. The Labute approximate surface area is 82.4 Å². The van der Waals surface area contributed by atoms with Crippen LogP contribution in [0.2, 0.25) is 0 Å². The van der Waals surface area contributed by atoms with Gasteiger partial charge in [0, 0.05) is 0 Å². The largest absolute Gasteiger partial charge is 0.506 e. The zero-order valence-electron chi connectivity index (χ0n) is 6.99. The van der Waals surface area contributed by atoms with Crippen molar-refractivity contribution in [2.24, 2.45) is 5.14 Å². The van der Waals surface area contributed by atoms with Crippen LogP contribution >= 0.6 is 0 Å². The van der Waals surface area contributed by atoms with Crippen LogP contribution in [0.15, 0.2) is 11.2 Å². The summed E-state index contributed by atoms with van der Waals surface area (Å²) >= 11 is 0. The number of nitrogens with zero attached hydrogens (tertiary/aromatic N) is 1. The van der Waals surface area contributed by atoms with Gasteiger partial charge in [0.15, 0.2) is 5.82 Å². The maximum atomic E-state index is 13.1. The fourth-order valence-electron chi connectivity index (χ4n) is 0.880. The lowest BCUT2D eigenvalue weighted by Crippen LogP contribution is -2.17. The maximum Gasteiger partial charge on any atom is 0.270 e. The second-order valence-corrected chi connectivity index (χ2v) is 4.00. The van der Waals surface area contributed by atoms with E-state index >= 15 is 0 Å². The second-order valence-electron chi connectivity index (χ2n) is 2.52. The van der Waals surface area contributed by atoms with E-state index in [0.717, 1.165) is 0 Å². The number of sulfonamides is 1. The van der Waals surface area contributed by atoms with E-state index in [1.807, 2.05) is 0 Å². The molecule has 1 aromatic heterocycles. The highest BCUT2D eigenvalue weighted by atomic mass is 32.2. The number of alkyl halides is 2. The van der Waals surface area contributed by atoms with Crippen molar-refractivity contribution in [2.45, 2.75) is 11.5 Å². The van der Waals surface area contributed by atoms with Gasteiger partial charge in [-0.05, 0) is 0 Å². The van der Waals surface area contributed by atoms with Gasteiger partial charge in [0.2, 0.25) is 5.03 Å². The molecule has 0 atom stereocenters. The molecule has 1 aromatic rings. The molecular formula is C6H5F3N2O3S. The van der Waals surface area contributed by atoms with E-state index in [2.05, 4.69) is 10.1 Å². The van der Waals surface area contributed by atoms with Crippen molar-refractivity contribution in [3.05, 3.63) is 17.6 Å². The highest BCUT2D eigenvalue weighted by Crippen LogP contribution is 2.31. The Morgan fingerprint density at radius 3 is 2.40 bits per heavy atom. The summed E-state index contributed by atoms with van der Waals surface area (Å²) in [4.78, 5) is 2.92. The van der Waals surface area contributed by atoms with Gasteiger partial charge in [0.1, 0.15) is 5.75 Å². The normalized spacial score (nSPS) is 12.1. The van der Waals surface area contributed by atoms with E-state index in [9.17, 15) is 21.6 Å². The fourth-order valence-corrected chi connectivity index (χ4v) is 1.44. The Morgan fingerprint density at radius 1 is 1.47 bits per heavy atom. The van der Waals surface area contributed by atoms with Crippen molar-refractivity contribution in [1.82, 2.24) is 4.98 Å². The molecular weight excluding hydrogens is 237 g/mol. The predicted molar refractivity (Wildman–Crippen MR) is 42.2 cm³/mol. The molecule has 9 heteroatoms. The third kappa shape index (κ3) is 2.18. The van der Waals surface area contributed by atoms with Gasteiger partial charge in [0.25, 0.3) is 16.4 Å². The summed E-state index contributed by atoms with van der Waals surface area (Å²) in [6.07, 6.45) is -2.97. The molecule has 0 aliphatic rings. The maximum absolute atomic E-state index is 13.1. The molecule has 0 saturated carbocycles. The molecule has 0 unspecified atom stereocenters. The van der Waals surface area contributed by atoms with Crippen LogP contribution in [0.1, 0.15) is 12.0 Å². The minimum atomic E-state index is -4.54. The zero-order chi connectivity index (χ0) is 11.8. The molecule has 3 N–H and O–H groups in total. The van der Waals surface area contributed by atoms with E-state index in [-0.39, 0.29) is 0 Å². The standard InChI is InChI=1S/C6H5F3N2O3S/c7-4-3(5(8)9)2(12)1-11-6(4)15(10,13)14/h1,5,12H,(H2,10,13,14). The van der Waals surface area contributed by atoms with Gasteiger partial charge >= 0.3 is 0 Å². The van der Waals surface area contributed by atoms with Crippen LogP contribution in [-0.2, 0) is 10.0 Å². The lowest BCUT2D eigenvalue weighted by molar-refractivity contribution is 0.141. The number of pyridine rings is 1. The summed E-state index contributed by atoms with van der Waals surface area (Å²) in [6, 6.07) is 0. The molecule has 0 saturated heterocycles. The molecule has 1 heterocycles. The lowest BCUT2D eigenvalue weighted by Gasteiger charge is -2.06. The van der Waals surface area contributed by atoms with Gasteiger partial charge in [-0.15, -0.1) is 0 Å². The van der Waals surface area contributed by atoms with E-state index in [4.69, 9.17) is 5.11 Å². The van der Waals surface area contributed by atoms with Gasteiger partial charge in [-0.25, -0.2) is 31.7 Å². The second kappa shape index (κ2) is 3.66. The van der Waals surface area contributed by atoms with Gasteiger partial charge in [-0.3, -0.25) is 0 Å². The zero-order valence-corrected chi connectivity index (χ0v) is 7.80. The Morgan fingerprint density at radius 2 is 2.00 bits per heavy atom. The smallest absolute Gasteiger partial charge is 0.270 e. The monoisotopic (exact) mass is 242 g/mol. The van der Waals surface area contributed by atoms with Crippen molar-refractivity contribution in [3.63, 3.8) is 0 Å². The average molecular weight is 242 g/mol. The number of hydrogen-bond acceptors (Lipinski definition) is 4. The summed E-state index contributed by atoms with van der Waals surface area (Å²) in [5.74, 6) is -2.97. The highest BCUT2D eigenvalue weighted by molar-refractivity contribution is 7.89. The summed E-state index contributed by atoms with van der Waals surface area (Å²) in [6.45, 7) is 0. The molecule has 0 aliphatic heterocycles. The quantitative estimate of drug-likeness (QED) is 0.790. The molecule has 0 spiro atoms. The minimum Gasteiger partial charge on any atom is -0.506 e. The third-order valence-corrected chi connectivity index (χ3v) is 2.32. The van der Waals surface area contributed by atoms with Crippen LogP contribution in [0.3, 0.4) is 0 Å². The van der Waals surface area contributed by atoms with Crippen molar-refractivity contribution in [2.75, 3.05) is 0 Å². The molecule has 0 aliphatic carbocycles. The third-order valence-electron chi connectivity index (χ3n) is 1.49. The van der Waals surface area contributed by atoms with E-state index < -0.39 is 38.6 Å². The molecule has 15 heavy (non-hydrogen) atoms. The van der Waals surface area contributed by atoms with E-state index in [1.165, 1.54) is 0 Å². The minimum absolute atomic E-state index is 0.393. The van der Waals surface area contributed by atoms with Crippen LogP contribution in [0.25, 0.3) is 0 Å². The molecule has 84 valence electrons. The van der Waals surface area contributed by atoms with E-state index in [1.54, 1.807) is 0 Å². The Bertz CT molecular complexity index is 489. The summed E-state index contributed by atoms with van der Waals surface area (Å²) in [7, 11) is -4.54. The Hall–Kier alpha value is -1.35. The molecule has 0 amide bonds. The van der Waals surface area contributed by atoms with Crippen molar-refractivity contribution in [1.29, 1.82) is 0 Å². The van der Waals surface area contributed by atoms with E-state index in [0.29, 0.717) is 6.20 Å². The van der Waals surface area contributed by atoms with Gasteiger partial charge in [-0.1, -0.05) is 0 Å². The molecule has 1 rings (SSSR count). The first-order valence-electron chi connectivity index (χ1n) is 3.43. The van der Waals surface area contributed by atoms with Crippen LogP contribution in [0, 0.1) is 5.82 Å². The highest BCUT2D eigenvalue weighted by Gasteiger charge is 2.27. The number of aromatic hydroxyl groups is 1. The van der Waals surface area contributed by atoms with Crippen LogP contribution < -0.4 is 5.14 Å². The van der Waals surface area contributed by atoms with Crippen LogP contribution in [-0.4, -0.2) is 18.5 Å². The number of aromatic nitrogens is 1. The number of nitrogens with two attached hydrogens (primary N) is 1. The predicted octanol–water partition coefficient (Wildman–Crippen LogP) is 0.511. The summed E-state index contributed by atoms with van der Waals surface area (Å²) in [5.41, 5.74) is -1.44. The van der Waals surface area contributed by atoms with Crippen molar-refractivity contribution in [3.8, 4) is 5.75 Å². The fraction of sp³-hybridized carbons (Fsp3) is 0.167. The topological polar surface area (TPSA) is 93.3 Å². The Kier molecular flexibility index (Phi) is 2.86. The van der Waals surface area contributed by atoms with Crippen LogP contribution in [0.4, 0.5) is 13.2 Å². The van der Waals surface area contributed by atoms with Crippen molar-refractivity contribution >= 4 is 10.0 Å². The molecule has 0 aromatic carbocycles. The number of primary sulfonamides is 1. The SMILES string of the molecule is NS(=O)(=O)c1ncc(O)c(C(F)F)c1F. The summed E-state index contributed by atoms with van der Waals surface area (Å²) in [5, 5.41) is 12.0. The first kappa shape index (κ1) is 11.7. The van der Waals surface area contributed by atoms with Gasteiger partial charge in [0.05, 0.1) is 11.8 Å². The molecule has 0 radical (unpaired) electrons. The molecule has 0 fully saturated rings.